The van der Waals surface area contributed by atoms with E-state index in [-0.39, 0.29) is 0 Å². The quantitative estimate of drug-likeness (QED) is 0.683. The molecule has 0 saturated carbocycles. The van der Waals surface area contributed by atoms with Crippen molar-refractivity contribution in [3.8, 4) is 11.3 Å². The Hall–Kier alpha value is -2.13. The third-order valence-corrected chi connectivity index (χ3v) is 3.42. The molecule has 19 heavy (non-hydrogen) atoms. The molecular weight excluding hydrogens is 258 g/mol. The van der Waals surface area contributed by atoms with Gasteiger partial charge in [-0.05, 0) is 19.1 Å². The highest BCUT2D eigenvalue weighted by atomic mass is 35.5. The van der Waals surface area contributed by atoms with Gasteiger partial charge < -0.3 is 5.73 Å². The number of rotatable bonds is 1. The molecule has 0 radical (unpaired) electrons. The molecular formula is C15H12ClN3. The molecule has 2 aromatic carbocycles. The Morgan fingerprint density at radius 1 is 1.00 bits per heavy atom. The molecule has 0 aliphatic heterocycles. The minimum absolute atomic E-state index is 0.460. The first-order valence-electron chi connectivity index (χ1n) is 5.94. The Morgan fingerprint density at radius 2 is 1.74 bits per heavy atom. The van der Waals surface area contributed by atoms with Gasteiger partial charge in [-0.2, -0.15) is 0 Å². The third-order valence-electron chi connectivity index (χ3n) is 3.03. The highest BCUT2D eigenvalue weighted by Crippen LogP contribution is 2.30. The summed E-state index contributed by atoms with van der Waals surface area (Å²) in [6, 6.07) is 13.5. The Morgan fingerprint density at radius 3 is 2.47 bits per heavy atom. The molecule has 0 saturated heterocycles. The molecule has 3 rings (SSSR count). The molecule has 0 bridgehead atoms. The minimum Gasteiger partial charge on any atom is -0.397 e. The molecule has 0 atom stereocenters. The molecule has 3 aromatic rings. The highest BCUT2D eigenvalue weighted by molar-refractivity contribution is 6.37. The smallest absolute Gasteiger partial charge is 0.110 e. The van der Waals surface area contributed by atoms with Crippen molar-refractivity contribution in [2.24, 2.45) is 0 Å². The molecule has 0 unspecified atom stereocenters. The fraction of sp³-hybridized carbons (Fsp3) is 0.0667. The second-order valence-corrected chi connectivity index (χ2v) is 4.74. The Bertz CT molecular complexity index is 754. The van der Waals surface area contributed by atoms with Crippen molar-refractivity contribution >= 4 is 28.3 Å². The SMILES string of the molecule is Cc1nc2ccc(N)c(Cl)c2nc1-c1ccccc1. The van der Waals surface area contributed by atoms with Crippen LogP contribution in [0.15, 0.2) is 42.5 Å². The zero-order valence-electron chi connectivity index (χ0n) is 10.4. The van der Waals surface area contributed by atoms with Crippen LogP contribution in [0.4, 0.5) is 5.69 Å². The van der Waals surface area contributed by atoms with Crippen LogP contribution in [0.25, 0.3) is 22.3 Å². The number of fused-ring (bicyclic) bond motifs is 1. The maximum absolute atomic E-state index is 6.21. The first-order chi connectivity index (χ1) is 9.16. The summed E-state index contributed by atoms with van der Waals surface area (Å²) < 4.78 is 0. The number of hydrogen-bond donors (Lipinski definition) is 1. The van der Waals surface area contributed by atoms with Gasteiger partial charge in [0, 0.05) is 5.56 Å². The topological polar surface area (TPSA) is 51.8 Å². The molecule has 0 fully saturated rings. The maximum Gasteiger partial charge on any atom is 0.110 e. The number of nitrogen functional groups attached to an aromatic ring is 1. The second-order valence-electron chi connectivity index (χ2n) is 4.36. The van der Waals surface area contributed by atoms with Crippen LogP contribution in [0.1, 0.15) is 5.69 Å². The molecule has 0 amide bonds. The van der Waals surface area contributed by atoms with Crippen molar-refractivity contribution in [2.75, 3.05) is 5.73 Å². The van der Waals surface area contributed by atoms with Crippen LogP contribution in [0.5, 0.6) is 0 Å². The van der Waals surface area contributed by atoms with Crippen LogP contribution < -0.4 is 5.73 Å². The lowest BCUT2D eigenvalue weighted by atomic mass is 10.1. The van der Waals surface area contributed by atoms with Gasteiger partial charge in [-0.1, -0.05) is 41.9 Å². The van der Waals surface area contributed by atoms with E-state index in [0.717, 1.165) is 22.5 Å². The van der Waals surface area contributed by atoms with Crippen LogP contribution in [0.3, 0.4) is 0 Å². The van der Waals surface area contributed by atoms with Crippen molar-refractivity contribution in [3.05, 3.63) is 53.2 Å². The fourth-order valence-corrected chi connectivity index (χ4v) is 2.26. The van der Waals surface area contributed by atoms with E-state index >= 15 is 0 Å². The molecule has 2 N–H and O–H groups in total. The number of aryl methyl sites for hydroxylation is 1. The normalized spacial score (nSPS) is 10.8. The summed E-state index contributed by atoms with van der Waals surface area (Å²) in [6.07, 6.45) is 0. The van der Waals surface area contributed by atoms with Gasteiger partial charge in [0.1, 0.15) is 5.52 Å². The molecule has 1 aromatic heterocycles. The van der Waals surface area contributed by atoms with Gasteiger partial charge in [0.2, 0.25) is 0 Å². The van der Waals surface area contributed by atoms with Crippen LogP contribution in [0.2, 0.25) is 5.02 Å². The molecule has 4 heteroatoms. The lowest BCUT2D eigenvalue weighted by Gasteiger charge is -2.08. The summed E-state index contributed by atoms with van der Waals surface area (Å²) in [4.78, 5) is 9.18. The third kappa shape index (κ3) is 2.02. The zero-order valence-corrected chi connectivity index (χ0v) is 11.1. The van der Waals surface area contributed by atoms with Crippen molar-refractivity contribution in [1.29, 1.82) is 0 Å². The van der Waals surface area contributed by atoms with Gasteiger partial charge in [0.05, 0.1) is 27.6 Å². The van der Waals surface area contributed by atoms with Gasteiger partial charge in [0.15, 0.2) is 0 Å². The Balaban J connectivity index is 2.32. The van der Waals surface area contributed by atoms with Crippen LogP contribution in [-0.2, 0) is 0 Å². The van der Waals surface area contributed by atoms with Gasteiger partial charge in [-0.15, -0.1) is 0 Å². The monoisotopic (exact) mass is 269 g/mol. The van der Waals surface area contributed by atoms with E-state index in [2.05, 4.69) is 9.97 Å². The minimum atomic E-state index is 0.460. The lowest BCUT2D eigenvalue weighted by Crippen LogP contribution is -1.96. The van der Waals surface area contributed by atoms with Gasteiger partial charge in [-0.3, -0.25) is 0 Å². The summed E-state index contributed by atoms with van der Waals surface area (Å²) >= 11 is 6.21. The number of nitrogens with zero attached hydrogens (tertiary/aromatic N) is 2. The average Bonchev–Trinajstić information content (AvgIpc) is 2.44. The lowest BCUT2D eigenvalue weighted by molar-refractivity contribution is 1.19. The van der Waals surface area contributed by atoms with E-state index < -0.39 is 0 Å². The predicted octanol–water partition coefficient (Wildman–Crippen LogP) is 3.84. The number of nitrogens with two attached hydrogens (primary N) is 1. The largest absolute Gasteiger partial charge is 0.397 e. The van der Waals surface area contributed by atoms with Gasteiger partial charge in [0.25, 0.3) is 0 Å². The molecule has 94 valence electrons. The van der Waals surface area contributed by atoms with E-state index in [1.807, 2.05) is 43.3 Å². The summed E-state index contributed by atoms with van der Waals surface area (Å²) in [5.41, 5.74) is 10.5. The van der Waals surface area contributed by atoms with E-state index in [9.17, 15) is 0 Å². The van der Waals surface area contributed by atoms with Crippen molar-refractivity contribution in [2.45, 2.75) is 6.92 Å². The summed E-state index contributed by atoms with van der Waals surface area (Å²) in [6.45, 7) is 1.94. The number of anilines is 1. The van der Waals surface area contributed by atoms with Gasteiger partial charge in [-0.25, -0.2) is 9.97 Å². The molecule has 0 aliphatic rings. The predicted molar refractivity (Wildman–Crippen MR) is 79.1 cm³/mol. The number of halogens is 1. The first-order valence-corrected chi connectivity index (χ1v) is 6.32. The summed E-state index contributed by atoms with van der Waals surface area (Å²) in [5, 5.41) is 0.460. The summed E-state index contributed by atoms with van der Waals surface area (Å²) in [5.74, 6) is 0. The summed E-state index contributed by atoms with van der Waals surface area (Å²) in [7, 11) is 0. The Labute approximate surface area is 116 Å². The van der Waals surface area contributed by atoms with Gasteiger partial charge >= 0.3 is 0 Å². The van der Waals surface area contributed by atoms with Crippen molar-refractivity contribution < 1.29 is 0 Å². The van der Waals surface area contributed by atoms with E-state index in [4.69, 9.17) is 17.3 Å². The average molecular weight is 270 g/mol. The van der Waals surface area contributed by atoms with Crippen LogP contribution in [-0.4, -0.2) is 9.97 Å². The first kappa shape index (κ1) is 11.9. The maximum atomic E-state index is 6.21. The van der Waals surface area contributed by atoms with Crippen LogP contribution >= 0.6 is 11.6 Å². The highest BCUT2D eigenvalue weighted by Gasteiger charge is 2.11. The fourth-order valence-electron chi connectivity index (χ4n) is 2.06. The molecule has 0 spiro atoms. The molecule has 1 heterocycles. The second kappa shape index (κ2) is 4.52. The number of hydrogen-bond acceptors (Lipinski definition) is 3. The Kier molecular flexibility index (Phi) is 2.84. The number of benzene rings is 2. The van der Waals surface area contributed by atoms with Crippen molar-refractivity contribution in [3.63, 3.8) is 0 Å². The number of aromatic nitrogens is 2. The van der Waals surface area contributed by atoms with E-state index in [1.165, 1.54) is 0 Å². The van der Waals surface area contributed by atoms with Crippen LogP contribution in [0, 0.1) is 6.92 Å². The molecule has 3 nitrogen and oxygen atoms in total. The zero-order chi connectivity index (χ0) is 13.4. The van der Waals surface area contributed by atoms with E-state index in [0.29, 0.717) is 16.2 Å². The van der Waals surface area contributed by atoms with E-state index in [1.54, 1.807) is 6.07 Å². The molecule has 0 aliphatic carbocycles. The standard InChI is InChI=1S/C15H12ClN3/c1-9-14(10-5-3-2-4-6-10)19-15-12(18-9)8-7-11(17)13(15)16/h2-8H,17H2,1H3. The van der Waals surface area contributed by atoms with Crippen molar-refractivity contribution in [1.82, 2.24) is 9.97 Å².